The highest BCUT2D eigenvalue weighted by Gasteiger charge is 2.17. The Morgan fingerprint density at radius 2 is 1.86 bits per heavy atom. The van der Waals surface area contributed by atoms with Crippen LogP contribution in [0.1, 0.15) is 23.0 Å². The van der Waals surface area contributed by atoms with Gasteiger partial charge in [-0.05, 0) is 67.9 Å². The van der Waals surface area contributed by atoms with Gasteiger partial charge in [0.2, 0.25) is 0 Å². The second kappa shape index (κ2) is 9.03. The quantitative estimate of drug-likeness (QED) is 0.534. The summed E-state index contributed by atoms with van der Waals surface area (Å²) in [6.45, 7) is 3.44. The van der Waals surface area contributed by atoms with Gasteiger partial charge in [-0.1, -0.05) is 23.2 Å². The maximum Gasteiger partial charge on any atom is 0.291 e. The minimum atomic E-state index is -0.785. The highest BCUT2D eigenvalue weighted by molar-refractivity contribution is 6.35. The zero-order chi connectivity index (χ0) is 21.0. The average molecular weight is 433 g/mol. The Morgan fingerprint density at radius 1 is 1.07 bits per heavy atom. The van der Waals surface area contributed by atoms with Crippen LogP contribution in [-0.4, -0.2) is 17.9 Å². The van der Waals surface area contributed by atoms with Crippen LogP contribution in [0.25, 0.3) is 0 Å². The fourth-order valence-electron chi connectivity index (χ4n) is 2.53. The van der Waals surface area contributed by atoms with Crippen molar-refractivity contribution in [3.63, 3.8) is 0 Å². The van der Waals surface area contributed by atoms with Crippen LogP contribution >= 0.6 is 23.2 Å². The number of nitrogens with one attached hydrogen (secondary N) is 2. The van der Waals surface area contributed by atoms with Gasteiger partial charge in [0.1, 0.15) is 5.75 Å². The molecule has 2 aromatic carbocycles. The first-order valence-electron chi connectivity index (χ1n) is 8.71. The van der Waals surface area contributed by atoms with Crippen LogP contribution in [0.5, 0.6) is 5.75 Å². The highest BCUT2D eigenvalue weighted by Crippen LogP contribution is 2.28. The van der Waals surface area contributed by atoms with E-state index in [2.05, 4.69) is 10.6 Å². The number of hydrogen-bond donors (Lipinski definition) is 2. The summed E-state index contributed by atoms with van der Waals surface area (Å²) in [7, 11) is 0. The molecule has 150 valence electrons. The summed E-state index contributed by atoms with van der Waals surface area (Å²) in [4.78, 5) is 24.5. The number of halogens is 2. The Kier molecular flexibility index (Phi) is 6.46. The molecule has 6 nitrogen and oxygen atoms in total. The Hall–Kier alpha value is -2.96. The van der Waals surface area contributed by atoms with Gasteiger partial charge in [-0.25, -0.2) is 0 Å². The van der Waals surface area contributed by atoms with Gasteiger partial charge < -0.3 is 19.8 Å². The van der Waals surface area contributed by atoms with E-state index in [1.54, 1.807) is 55.5 Å². The Bertz CT molecular complexity index is 1040. The molecule has 8 heteroatoms. The van der Waals surface area contributed by atoms with Crippen molar-refractivity contribution in [1.82, 2.24) is 0 Å². The maximum atomic E-state index is 12.4. The van der Waals surface area contributed by atoms with E-state index in [-0.39, 0.29) is 17.6 Å². The lowest BCUT2D eigenvalue weighted by Gasteiger charge is -2.16. The number of furan rings is 1. The molecule has 0 spiro atoms. The molecule has 29 heavy (non-hydrogen) atoms. The Labute approximate surface area is 177 Å². The third-order valence-corrected chi connectivity index (χ3v) is 4.58. The monoisotopic (exact) mass is 432 g/mol. The van der Waals surface area contributed by atoms with Crippen molar-refractivity contribution in [1.29, 1.82) is 0 Å². The maximum absolute atomic E-state index is 12.4. The van der Waals surface area contributed by atoms with Crippen LogP contribution in [-0.2, 0) is 4.79 Å². The summed E-state index contributed by atoms with van der Waals surface area (Å²) >= 11 is 11.9. The van der Waals surface area contributed by atoms with Crippen LogP contribution < -0.4 is 15.4 Å². The number of anilines is 2. The normalized spacial score (nSPS) is 11.6. The molecular weight excluding hydrogens is 415 g/mol. The van der Waals surface area contributed by atoms with Gasteiger partial charge in [0.15, 0.2) is 11.9 Å². The van der Waals surface area contributed by atoms with Crippen molar-refractivity contribution in [2.45, 2.75) is 20.0 Å². The molecule has 1 atom stereocenters. The molecule has 2 N–H and O–H groups in total. The fraction of sp³-hybridized carbons (Fsp3) is 0.143. The second-order valence-electron chi connectivity index (χ2n) is 6.29. The number of carbonyl (C=O) groups is 2. The molecule has 0 aliphatic carbocycles. The summed E-state index contributed by atoms with van der Waals surface area (Å²) in [6, 6.07) is 13.1. The molecule has 0 radical (unpaired) electrons. The molecule has 3 aromatic rings. The molecule has 0 bridgehead atoms. The van der Waals surface area contributed by atoms with Gasteiger partial charge >= 0.3 is 0 Å². The summed E-state index contributed by atoms with van der Waals surface area (Å²) < 4.78 is 10.7. The lowest BCUT2D eigenvalue weighted by atomic mass is 10.1. The third-order valence-electron chi connectivity index (χ3n) is 4.05. The molecular formula is C21H18Cl2N2O4. The predicted octanol–water partition coefficient (Wildman–Crippen LogP) is 5.55. The summed E-state index contributed by atoms with van der Waals surface area (Å²) in [6.07, 6.45) is 0.647. The lowest BCUT2D eigenvalue weighted by Crippen LogP contribution is -2.30. The van der Waals surface area contributed by atoms with Crippen molar-refractivity contribution in [3.05, 3.63) is 76.2 Å². The molecule has 1 aromatic heterocycles. The minimum absolute atomic E-state index is 0.216. The van der Waals surface area contributed by atoms with Crippen LogP contribution in [0.2, 0.25) is 10.0 Å². The highest BCUT2D eigenvalue weighted by atomic mass is 35.5. The van der Waals surface area contributed by atoms with Crippen LogP contribution in [0.3, 0.4) is 0 Å². The van der Waals surface area contributed by atoms with Crippen molar-refractivity contribution in [3.8, 4) is 5.75 Å². The van der Waals surface area contributed by atoms with Gasteiger partial charge in [0.25, 0.3) is 11.8 Å². The summed E-state index contributed by atoms with van der Waals surface area (Å²) in [5, 5.41) is 6.35. The molecule has 0 unspecified atom stereocenters. The van der Waals surface area contributed by atoms with Crippen molar-refractivity contribution in [2.24, 2.45) is 0 Å². The Balaban J connectivity index is 1.62. The topological polar surface area (TPSA) is 80.6 Å². The van der Waals surface area contributed by atoms with Crippen molar-refractivity contribution in [2.75, 3.05) is 10.6 Å². The largest absolute Gasteiger partial charge is 0.479 e. The zero-order valence-corrected chi connectivity index (χ0v) is 17.2. The number of rotatable bonds is 6. The SMILES string of the molecule is Cc1cc(NC(=O)[C@H](C)Oc2ccc(Cl)cc2Cl)ccc1NC(=O)c1ccco1. The first-order chi connectivity index (χ1) is 13.8. The third kappa shape index (κ3) is 5.31. The summed E-state index contributed by atoms with van der Waals surface area (Å²) in [5.74, 6) is -0.112. The molecule has 0 saturated heterocycles. The first kappa shape index (κ1) is 20.8. The van der Waals surface area contributed by atoms with E-state index < -0.39 is 6.10 Å². The number of aryl methyl sites for hydroxylation is 1. The Morgan fingerprint density at radius 3 is 2.52 bits per heavy atom. The summed E-state index contributed by atoms with van der Waals surface area (Å²) in [5.41, 5.74) is 1.96. The van der Waals surface area contributed by atoms with Gasteiger partial charge in [-0.2, -0.15) is 0 Å². The van der Waals surface area contributed by atoms with Gasteiger partial charge in [-0.15, -0.1) is 0 Å². The van der Waals surface area contributed by atoms with E-state index in [0.29, 0.717) is 27.2 Å². The van der Waals surface area contributed by atoms with E-state index in [9.17, 15) is 9.59 Å². The van der Waals surface area contributed by atoms with E-state index in [0.717, 1.165) is 5.56 Å². The number of carbonyl (C=O) groups excluding carboxylic acids is 2. The lowest BCUT2D eigenvalue weighted by molar-refractivity contribution is -0.122. The van der Waals surface area contributed by atoms with Gasteiger partial charge in [0, 0.05) is 16.4 Å². The number of hydrogen-bond acceptors (Lipinski definition) is 4. The van der Waals surface area contributed by atoms with Crippen molar-refractivity contribution < 1.29 is 18.7 Å². The zero-order valence-electron chi connectivity index (χ0n) is 15.7. The first-order valence-corrected chi connectivity index (χ1v) is 9.47. The average Bonchev–Trinajstić information content (AvgIpc) is 3.21. The number of ether oxygens (including phenoxy) is 1. The van der Waals surface area contributed by atoms with Crippen molar-refractivity contribution >= 4 is 46.4 Å². The van der Waals surface area contributed by atoms with Gasteiger partial charge in [-0.3, -0.25) is 9.59 Å². The second-order valence-corrected chi connectivity index (χ2v) is 7.13. The fourth-order valence-corrected chi connectivity index (χ4v) is 2.99. The van der Waals surface area contributed by atoms with Crippen LogP contribution in [0.4, 0.5) is 11.4 Å². The van der Waals surface area contributed by atoms with Crippen LogP contribution in [0.15, 0.2) is 59.2 Å². The van der Waals surface area contributed by atoms with E-state index in [4.69, 9.17) is 32.4 Å². The molecule has 3 rings (SSSR count). The smallest absolute Gasteiger partial charge is 0.291 e. The molecule has 0 fully saturated rings. The standard InChI is InChI=1S/C21H18Cl2N2O4/c1-12-10-15(6-7-17(12)25-21(27)19-4-3-9-28-19)24-20(26)13(2)29-18-8-5-14(22)11-16(18)23/h3-11,13H,1-2H3,(H,24,26)(H,25,27)/t13-/m0/s1. The van der Waals surface area contributed by atoms with E-state index in [1.165, 1.54) is 6.26 Å². The van der Waals surface area contributed by atoms with Crippen LogP contribution in [0, 0.1) is 6.92 Å². The number of amides is 2. The molecule has 0 saturated carbocycles. The van der Waals surface area contributed by atoms with Gasteiger partial charge in [0.05, 0.1) is 11.3 Å². The van der Waals surface area contributed by atoms with E-state index >= 15 is 0 Å². The molecule has 2 amide bonds. The van der Waals surface area contributed by atoms with E-state index in [1.807, 2.05) is 6.92 Å². The molecule has 0 aliphatic heterocycles. The number of benzene rings is 2. The molecule has 1 heterocycles. The minimum Gasteiger partial charge on any atom is -0.479 e. The molecule has 0 aliphatic rings. The predicted molar refractivity (Wildman–Crippen MR) is 113 cm³/mol.